The molecule has 2 heterocycles. The van der Waals surface area contributed by atoms with Gasteiger partial charge in [-0.15, -0.1) is 35.1 Å². The number of thiophene rings is 1. The minimum absolute atomic E-state index is 0. The molecule has 2 N–H and O–H groups in total. The molecule has 0 fully saturated rings. The van der Waals surface area contributed by atoms with Gasteiger partial charge in [-0.05, 0) is 17.0 Å². The Hall–Kier alpha value is -1.73. The molecule has 4 nitrogen and oxygen atoms in total. The average Bonchev–Trinajstić information content (AvgIpc) is 3.25. The summed E-state index contributed by atoms with van der Waals surface area (Å²) in [5.41, 5.74) is 7.77. The van der Waals surface area contributed by atoms with Crippen molar-refractivity contribution < 1.29 is 4.79 Å². The van der Waals surface area contributed by atoms with Crippen LogP contribution in [0, 0.1) is 0 Å². The number of rotatable bonds is 5. The van der Waals surface area contributed by atoms with Crippen molar-refractivity contribution in [3.63, 3.8) is 0 Å². The molecule has 1 aromatic carbocycles. The summed E-state index contributed by atoms with van der Waals surface area (Å²) in [6.45, 7) is 0.460. The molecule has 2 aromatic heterocycles. The normalized spacial score (nSPS) is 11.6. The first-order valence-corrected chi connectivity index (χ1v) is 8.95. The van der Waals surface area contributed by atoms with Gasteiger partial charge in [0.2, 0.25) is 5.91 Å². The number of carbonyl (C=O) groups excluding carboxylic acids is 1. The smallest absolute Gasteiger partial charge is 0.244 e. The van der Waals surface area contributed by atoms with E-state index in [2.05, 4.69) is 4.98 Å². The van der Waals surface area contributed by atoms with Gasteiger partial charge in [0, 0.05) is 12.4 Å². The van der Waals surface area contributed by atoms with Crippen LogP contribution in [0.5, 0.6) is 0 Å². The molecule has 0 saturated heterocycles. The maximum atomic E-state index is 12.5. The van der Waals surface area contributed by atoms with E-state index < -0.39 is 6.04 Å². The highest BCUT2D eigenvalue weighted by Crippen LogP contribution is 2.28. The lowest BCUT2D eigenvalue weighted by Crippen LogP contribution is -2.35. The second-order valence-corrected chi connectivity index (χ2v) is 7.01. The molecule has 126 valence electrons. The molecule has 0 aliphatic rings. The highest BCUT2D eigenvalue weighted by Gasteiger charge is 2.20. The quantitative estimate of drug-likeness (QED) is 0.730. The van der Waals surface area contributed by atoms with Crippen LogP contribution in [0.3, 0.4) is 0 Å². The molecule has 0 bridgehead atoms. The number of likely N-dealkylation sites (N-methyl/N-ethyl adjacent to an activating group) is 1. The van der Waals surface area contributed by atoms with Gasteiger partial charge >= 0.3 is 0 Å². The van der Waals surface area contributed by atoms with Gasteiger partial charge in [-0.2, -0.15) is 0 Å². The van der Waals surface area contributed by atoms with Crippen molar-refractivity contribution in [3.05, 3.63) is 64.5 Å². The van der Waals surface area contributed by atoms with E-state index in [1.165, 1.54) is 0 Å². The third kappa shape index (κ3) is 4.21. The van der Waals surface area contributed by atoms with Crippen LogP contribution < -0.4 is 5.73 Å². The van der Waals surface area contributed by atoms with Crippen molar-refractivity contribution in [2.45, 2.75) is 12.6 Å². The SMILES string of the molecule is CN(Cc1csc(-c2cccs2)n1)C(=O)[C@@H](N)c1ccccc1.Cl. The number of carbonyl (C=O) groups is 1. The number of thiazole rings is 1. The first-order chi connectivity index (χ1) is 11.1. The first kappa shape index (κ1) is 18.6. The Balaban J connectivity index is 0.00000208. The predicted octanol–water partition coefficient (Wildman–Crippen LogP) is 3.95. The van der Waals surface area contributed by atoms with Gasteiger partial charge in [0.1, 0.15) is 11.0 Å². The molecular weight excluding hydrogens is 362 g/mol. The summed E-state index contributed by atoms with van der Waals surface area (Å²) in [6.07, 6.45) is 0. The van der Waals surface area contributed by atoms with Gasteiger partial charge in [-0.3, -0.25) is 4.79 Å². The van der Waals surface area contributed by atoms with Crippen molar-refractivity contribution in [1.82, 2.24) is 9.88 Å². The summed E-state index contributed by atoms with van der Waals surface area (Å²) >= 11 is 3.26. The molecular formula is C17H18ClN3OS2. The van der Waals surface area contributed by atoms with Crippen LogP contribution in [0.2, 0.25) is 0 Å². The molecule has 3 aromatic rings. The molecule has 0 aliphatic carbocycles. The van der Waals surface area contributed by atoms with Crippen LogP contribution in [0.25, 0.3) is 9.88 Å². The van der Waals surface area contributed by atoms with Gasteiger partial charge in [0.25, 0.3) is 0 Å². The fraction of sp³-hybridized carbons (Fsp3) is 0.176. The molecule has 24 heavy (non-hydrogen) atoms. The second-order valence-electron chi connectivity index (χ2n) is 5.20. The Kier molecular flexibility index (Phi) is 6.51. The molecule has 3 rings (SSSR count). The Bertz CT molecular complexity index is 774. The van der Waals surface area contributed by atoms with Gasteiger partial charge in [-0.25, -0.2) is 4.98 Å². The summed E-state index contributed by atoms with van der Waals surface area (Å²) in [7, 11) is 1.76. The van der Waals surface area contributed by atoms with Crippen LogP contribution in [-0.2, 0) is 11.3 Å². The molecule has 0 spiro atoms. The zero-order chi connectivity index (χ0) is 16.2. The van der Waals surface area contributed by atoms with Crippen LogP contribution >= 0.6 is 35.1 Å². The lowest BCUT2D eigenvalue weighted by molar-refractivity contribution is -0.132. The van der Waals surface area contributed by atoms with E-state index in [1.54, 1.807) is 34.6 Å². The summed E-state index contributed by atoms with van der Waals surface area (Å²) in [5, 5.41) is 5.01. The van der Waals surface area contributed by atoms with E-state index in [9.17, 15) is 4.79 Å². The van der Waals surface area contributed by atoms with Crippen molar-refractivity contribution in [3.8, 4) is 9.88 Å². The fourth-order valence-corrected chi connectivity index (χ4v) is 3.88. The Morgan fingerprint density at radius 2 is 1.96 bits per heavy atom. The molecule has 0 unspecified atom stereocenters. The molecule has 0 radical (unpaired) electrons. The number of halogens is 1. The lowest BCUT2D eigenvalue weighted by Gasteiger charge is -2.20. The van der Waals surface area contributed by atoms with Gasteiger partial charge in [0.15, 0.2) is 0 Å². The van der Waals surface area contributed by atoms with E-state index in [0.29, 0.717) is 6.54 Å². The predicted molar refractivity (Wildman–Crippen MR) is 103 cm³/mol. The minimum Gasteiger partial charge on any atom is -0.338 e. The maximum Gasteiger partial charge on any atom is 0.244 e. The van der Waals surface area contributed by atoms with Gasteiger partial charge in [-0.1, -0.05) is 36.4 Å². The van der Waals surface area contributed by atoms with Gasteiger partial charge < -0.3 is 10.6 Å². The number of hydrogen-bond acceptors (Lipinski definition) is 5. The number of nitrogens with two attached hydrogens (primary N) is 1. The highest BCUT2D eigenvalue weighted by molar-refractivity contribution is 7.20. The average molecular weight is 380 g/mol. The van der Waals surface area contributed by atoms with Crippen LogP contribution in [0.4, 0.5) is 0 Å². The van der Waals surface area contributed by atoms with Crippen LogP contribution in [0.15, 0.2) is 53.2 Å². The summed E-state index contributed by atoms with van der Waals surface area (Å²) < 4.78 is 0. The van der Waals surface area contributed by atoms with E-state index >= 15 is 0 Å². The Morgan fingerprint density at radius 3 is 2.62 bits per heavy atom. The first-order valence-electron chi connectivity index (χ1n) is 7.19. The fourth-order valence-electron chi connectivity index (χ4n) is 2.25. The van der Waals surface area contributed by atoms with Crippen molar-refractivity contribution in [1.29, 1.82) is 0 Å². The number of hydrogen-bond donors (Lipinski definition) is 1. The molecule has 1 amide bonds. The van der Waals surface area contributed by atoms with E-state index in [-0.39, 0.29) is 18.3 Å². The van der Waals surface area contributed by atoms with Crippen LogP contribution in [0.1, 0.15) is 17.3 Å². The third-order valence-corrected chi connectivity index (χ3v) is 5.41. The lowest BCUT2D eigenvalue weighted by atomic mass is 10.1. The standard InChI is InChI=1S/C17H17N3OS2.ClH/c1-20(17(21)15(18)12-6-3-2-4-7-12)10-13-11-23-16(19-13)14-8-5-9-22-14;/h2-9,11,15H,10,18H2,1H3;1H/t15-;/m0./s1. The summed E-state index contributed by atoms with van der Waals surface area (Å²) in [6, 6.07) is 12.8. The topological polar surface area (TPSA) is 59.2 Å². The zero-order valence-corrected chi connectivity index (χ0v) is 15.5. The number of amides is 1. The maximum absolute atomic E-state index is 12.5. The van der Waals surface area contributed by atoms with Gasteiger partial charge in [0.05, 0.1) is 17.1 Å². The third-order valence-electron chi connectivity index (χ3n) is 3.48. The van der Waals surface area contributed by atoms with Crippen molar-refractivity contribution >= 4 is 41.0 Å². The highest BCUT2D eigenvalue weighted by atomic mass is 35.5. The molecule has 0 aliphatic heterocycles. The summed E-state index contributed by atoms with van der Waals surface area (Å²) in [4.78, 5) is 19.8. The molecule has 1 atom stereocenters. The summed E-state index contributed by atoms with van der Waals surface area (Å²) in [5.74, 6) is -0.109. The van der Waals surface area contributed by atoms with Crippen LogP contribution in [-0.4, -0.2) is 22.8 Å². The van der Waals surface area contributed by atoms with E-state index in [4.69, 9.17) is 5.73 Å². The van der Waals surface area contributed by atoms with Crippen molar-refractivity contribution in [2.24, 2.45) is 5.73 Å². The van der Waals surface area contributed by atoms with Crippen molar-refractivity contribution in [2.75, 3.05) is 7.05 Å². The number of aromatic nitrogens is 1. The number of nitrogens with zero attached hydrogens (tertiary/aromatic N) is 2. The zero-order valence-electron chi connectivity index (χ0n) is 13.1. The minimum atomic E-state index is -0.642. The van der Waals surface area contributed by atoms with E-state index in [1.807, 2.05) is 53.2 Å². The molecule has 0 saturated carbocycles. The van der Waals surface area contributed by atoms with E-state index in [0.717, 1.165) is 21.1 Å². The Morgan fingerprint density at radius 1 is 1.21 bits per heavy atom. The molecule has 7 heteroatoms. The number of benzene rings is 1. The monoisotopic (exact) mass is 379 g/mol. The second kappa shape index (κ2) is 8.39. The Labute approximate surface area is 155 Å². The largest absolute Gasteiger partial charge is 0.338 e.